The van der Waals surface area contributed by atoms with Gasteiger partial charge in [0.2, 0.25) is 5.13 Å². The van der Waals surface area contributed by atoms with Gasteiger partial charge in [0.25, 0.3) is 18.2 Å². The van der Waals surface area contributed by atoms with E-state index in [0.717, 1.165) is 5.56 Å². The fourth-order valence-electron chi connectivity index (χ4n) is 3.21. The van der Waals surface area contributed by atoms with E-state index in [1.54, 1.807) is 17.0 Å². The van der Waals surface area contributed by atoms with Gasteiger partial charge >= 0.3 is 0 Å². The molecule has 1 aromatic carbocycles. The molecule has 0 aliphatic carbocycles. The van der Waals surface area contributed by atoms with Crippen LogP contribution in [0.1, 0.15) is 43.5 Å². The van der Waals surface area contributed by atoms with E-state index >= 15 is 0 Å². The molecule has 2 N–H and O–H groups in total. The number of nitrogens with one attached hydrogen (secondary N) is 1. The number of hydrogen-bond donors (Lipinski definition) is 2. The molecule has 9 nitrogen and oxygen atoms in total. The molecule has 0 unspecified atom stereocenters. The molecule has 0 saturated heterocycles. The summed E-state index contributed by atoms with van der Waals surface area (Å²) in [6, 6.07) is 7.14. The predicted molar refractivity (Wildman–Crippen MR) is 107 cm³/mol. The number of alkyl halides is 2. The maximum Gasteiger partial charge on any atom is 0.291 e. The van der Waals surface area contributed by atoms with E-state index in [0.29, 0.717) is 29.4 Å². The van der Waals surface area contributed by atoms with Crippen LogP contribution < -0.4 is 5.32 Å². The number of rotatable bonds is 6. The molecule has 3 heterocycles. The van der Waals surface area contributed by atoms with Crippen LogP contribution in [0.3, 0.4) is 0 Å². The minimum atomic E-state index is -2.81. The summed E-state index contributed by atoms with van der Waals surface area (Å²) < 4.78 is 26.7. The van der Waals surface area contributed by atoms with Gasteiger partial charge in [-0.1, -0.05) is 41.1 Å². The first-order valence-electron chi connectivity index (χ1n) is 9.05. The van der Waals surface area contributed by atoms with Gasteiger partial charge in [-0.25, -0.2) is 8.78 Å². The Morgan fingerprint density at radius 2 is 2.06 bits per heavy atom. The van der Waals surface area contributed by atoms with Crippen LogP contribution in [0, 0.1) is 0 Å². The highest BCUT2D eigenvalue weighted by atomic mass is 35.5. The van der Waals surface area contributed by atoms with Crippen LogP contribution in [0.4, 0.5) is 13.9 Å². The second-order valence-electron chi connectivity index (χ2n) is 6.58. The van der Waals surface area contributed by atoms with Crippen molar-refractivity contribution in [3.63, 3.8) is 0 Å². The summed E-state index contributed by atoms with van der Waals surface area (Å²) in [5.41, 5.74) is 0.723. The van der Waals surface area contributed by atoms with Crippen molar-refractivity contribution < 1.29 is 23.5 Å². The Balaban J connectivity index is 1.58. The molecule has 3 aromatic rings. The van der Waals surface area contributed by atoms with Crippen LogP contribution in [-0.2, 0) is 19.7 Å². The summed E-state index contributed by atoms with van der Waals surface area (Å²) in [4.78, 5) is 27.2. The van der Waals surface area contributed by atoms with Crippen molar-refractivity contribution in [3.8, 4) is 0 Å². The van der Waals surface area contributed by atoms with Crippen LogP contribution in [0.15, 0.2) is 24.3 Å². The van der Waals surface area contributed by atoms with Gasteiger partial charge in [-0.2, -0.15) is 5.10 Å². The summed E-state index contributed by atoms with van der Waals surface area (Å²) in [6.45, 7) is 0.290. The zero-order valence-corrected chi connectivity index (χ0v) is 17.3. The van der Waals surface area contributed by atoms with E-state index in [1.165, 1.54) is 4.68 Å². The number of carbonyl (C=O) groups is 2. The van der Waals surface area contributed by atoms with Crippen LogP contribution in [0.5, 0.6) is 0 Å². The van der Waals surface area contributed by atoms with Crippen molar-refractivity contribution in [1.29, 1.82) is 0 Å². The van der Waals surface area contributed by atoms with Crippen molar-refractivity contribution in [2.75, 3.05) is 11.9 Å². The minimum absolute atomic E-state index is 0.0463. The molecule has 13 heteroatoms. The van der Waals surface area contributed by atoms with Crippen molar-refractivity contribution in [3.05, 3.63) is 56.8 Å². The van der Waals surface area contributed by atoms with Gasteiger partial charge < -0.3 is 10.0 Å². The molecule has 162 valence electrons. The SMILES string of the molecule is O=C(Nc1nnc(C(F)F)s1)c1nn2c(c1CO)C(=O)N(Cc1ccccc1Cl)CC2. The van der Waals surface area contributed by atoms with Gasteiger partial charge in [-0.05, 0) is 11.6 Å². The molecule has 0 bridgehead atoms. The van der Waals surface area contributed by atoms with Crippen LogP contribution >= 0.6 is 22.9 Å². The normalized spacial score (nSPS) is 13.6. The van der Waals surface area contributed by atoms with Crippen molar-refractivity contribution >= 4 is 39.9 Å². The second kappa shape index (κ2) is 8.65. The molecule has 2 aromatic heterocycles. The molecule has 0 radical (unpaired) electrons. The predicted octanol–water partition coefficient (Wildman–Crippen LogP) is 2.73. The van der Waals surface area contributed by atoms with E-state index in [1.807, 2.05) is 12.1 Å². The van der Waals surface area contributed by atoms with Gasteiger partial charge in [0, 0.05) is 23.7 Å². The zero-order chi connectivity index (χ0) is 22.1. The summed E-state index contributed by atoms with van der Waals surface area (Å²) in [6.07, 6.45) is -2.81. The van der Waals surface area contributed by atoms with Crippen molar-refractivity contribution in [2.24, 2.45) is 0 Å². The lowest BCUT2D eigenvalue weighted by Gasteiger charge is -2.28. The summed E-state index contributed by atoms with van der Waals surface area (Å²) >= 11 is 6.72. The first-order chi connectivity index (χ1) is 14.9. The Morgan fingerprint density at radius 1 is 1.29 bits per heavy atom. The fraction of sp³-hybridized carbons (Fsp3) is 0.278. The molecule has 0 atom stereocenters. The van der Waals surface area contributed by atoms with Crippen molar-refractivity contribution in [2.45, 2.75) is 26.1 Å². The van der Waals surface area contributed by atoms with E-state index in [-0.39, 0.29) is 28.6 Å². The second-order valence-corrected chi connectivity index (χ2v) is 7.99. The standard InChI is InChI=1S/C18H15ClF2N6O3S/c19-11-4-2-1-3-9(11)7-26-5-6-27-13(17(26)30)10(8-28)12(25-27)15(29)22-18-24-23-16(31-18)14(20)21/h1-4,14,28H,5-8H2,(H,22,24,29). The number of carbonyl (C=O) groups excluding carboxylic acids is 2. The number of aliphatic hydroxyl groups is 1. The number of aromatic nitrogens is 4. The average Bonchev–Trinajstić information content (AvgIpc) is 3.36. The van der Waals surface area contributed by atoms with Crippen LogP contribution in [0.2, 0.25) is 5.02 Å². The maximum atomic E-state index is 13.1. The van der Waals surface area contributed by atoms with E-state index in [2.05, 4.69) is 20.6 Å². The molecule has 0 spiro atoms. The van der Waals surface area contributed by atoms with E-state index < -0.39 is 29.9 Å². The highest BCUT2D eigenvalue weighted by Gasteiger charge is 2.33. The number of benzene rings is 1. The quantitative estimate of drug-likeness (QED) is 0.575. The highest BCUT2D eigenvalue weighted by Crippen LogP contribution is 2.27. The molecule has 2 amide bonds. The number of amides is 2. The lowest BCUT2D eigenvalue weighted by atomic mass is 10.1. The maximum absolute atomic E-state index is 13.1. The Kier molecular flexibility index (Phi) is 5.94. The van der Waals surface area contributed by atoms with Gasteiger partial charge in [0.05, 0.1) is 13.2 Å². The third-order valence-electron chi connectivity index (χ3n) is 4.66. The highest BCUT2D eigenvalue weighted by molar-refractivity contribution is 7.15. The Hall–Kier alpha value is -2.96. The fourth-order valence-corrected chi connectivity index (χ4v) is 4.00. The van der Waals surface area contributed by atoms with Gasteiger partial charge in [0.15, 0.2) is 10.7 Å². The Morgan fingerprint density at radius 3 is 2.74 bits per heavy atom. The smallest absolute Gasteiger partial charge is 0.291 e. The number of nitrogens with zero attached hydrogens (tertiary/aromatic N) is 5. The Bertz CT molecular complexity index is 1150. The van der Waals surface area contributed by atoms with Crippen LogP contribution in [-0.4, -0.2) is 48.3 Å². The average molecular weight is 469 g/mol. The molecule has 4 rings (SSSR count). The monoisotopic (exact) mass is 468 g/mol. The molecule has 1 aliphatic heterocycles. The number of halogens is 3. The lowest BCUT2D eigenvalue weighted by Crippen LogP contribution is -2.40. The molecular weight excluding hydrogens is 454 g/mol. The molecule has 31 heavy (non-hydrogen) atoms. The summed E-state index contributed by atoms with van der Waals surface area (Å²) in [5, 5.41) is 23.0. The molecule has 1 aliphatic rings. The third-order valence-corrected chi connectivity index (χ3v) is 5.88. The first kappa shape index (κ1) is 21.3. The molecular formula is C18H15ClF2N6O3S. The number of aliphatic hydroxyl groups excluding tert-OH is 1. The summed E-state index contributed by atoms with van der Waals surface area (Å²) in [7, 11) is 0. The van der Waals surface area contributed by atoms with Gasteiger partial charge in [-0.15, -0.1) is 10.2 Å². The van der Waals surface area contributed by atoms with Crippen LogP contribution in [0.25, 0.3) is 0 Å². The van der Waals surface area contributed by atoms with Gasteiger partial charge in [0.1, 0.15) is 5.69 Å². The Labute approximate surface area is 183 Å². The topological polar surface area (TPSA) is 113 Å². The molecule has 0 fully saturated rings. The van der Waals surface area contributed by atoms with Crippen molar-refractivity contribution in [1.82, 2.24) is 24.9 Å². The van der Waals surface area contributed by atoms with E-state index in [4.69, 9.17) is 11.6 Å². The lowest BCUT2D eigenvalue weighted by molar-refractivity contribution is 0.0679. The minimum Gasteiger partial charge on any atom is -0.392 e. The number of hydrogen-bond acceptors (Lipinski definition) is 7. The number of anilines is 1. The third kappa shape index (κ3) is 4.13. The molecule has 0 saturated carbocycles. The number of fused-ring (bicyclic) bond motifs is 1. The first-order valence-corrected chi connectivity index (χ1v) is 10.2. The summed E-state index contributed by atoms with van der Waals surface area (Å²) in [5.74, 6) is -1.19. The largest absolute Gasteiger partial charge is 0.392 e. The zero-order valence-electron chi connectivity index (χ0n) is 15.8. The van der Waals surface area contributed by atoms with E-state index in [9.17, 15) is 23.5 Å². The van der Waals surface area contributed by atoms with Gasteiger partial charge in [-0.3, -0.25) is 19.6 Å².